The van der Waals surface area contributed by atoms with Gasteiger partial charge in [0.05, 0.1) is 5.02 Å². The second-order valence-electron chi connectivity index (χ2n) is 4.12. The normalized spacial score (nSPS) is 12.3. The van der Waals surface area contributed by atoms with Crippen LogP contribution in [-0.4, -0.2) is 34.7 Å². The van der Waals surface area contributed by atoms with E-state index in [1.807, 2.05) is 18.2 Å². The Morgan fingerprint density at radius 1 is 1.35 bits per heavy atom. The van der Waals surface area contributed by atoms with Gasteiger partial charge < -0.3 is 15.5 Å². The summed E-state index contributed by atoms with van der Waals surface area (Å²) in [5, 5.41) is 21.2. The molecule has 0 aliphatic heterocycles. The molecule has 7 heteroatoms. The molecule has 0 unspecified atom stereocenters. The molecule has 0 radical (unpaired) electrons. The zero-order valence-electron chi connectivity index (χ0n) is 10.3. The minimum absolute atomic E-state index is 0.0520. The smallest absolute Gasteiger partial charge is 0.326 e. The summed E-state index contributed by atoms with van der Waals surface area (Å²) < 4.78 is 0.858. The van der Waals surface area contributed by atoms with E-state index in [9.17, 15) is 9.59 Å². The highest BCUT2D eigenvalue weighted by atomic mass is 35.5. The van der Waals surface area contributed by atoms with Gasteiger partial charge in [0.15, 0.2) is 0 Å². The highest BCUT2D eigenvalue weighted by Crippen LogP contribution is 2.35. The number of carbonyl (C=O) groups is 2. The molecule has 0 bridgehead atoms. The van der Waals surface area contributed by atoms with Crippen molar-refractivity contribution in [2.24, 2.45) is 0 Å². The van der Waals surface area contributed by atoms with Crippen LogP contribution in [0, 0.1) is 0 Å². The van der Waals surface area contributed by atoms with Gasteiger partial charge >= 0.3 is 5.97 Å². The molecule has 0 saturated carbocycles. The van der Waals surface area contributed by atoms with Crippen LogP contribution in [0.4, 0.5) is 0 Å². The number of aliphatic hydroxyl groups excluding tert-OH is 1. The summed E-state index contributed by atoms with van der Waals surface area (Å²) in [6.07, 6.45) is -0.0520. The fourth-order valence-electron chi connectivity index (χ4n) is 1.77. The topological polar surface area (TPSA) is 86.6 Å². The standard InChI is InChI=1S/C13H12ClNO4S/c14-10-7-3-1-2-4-9(7)20-11(10)12(17)15-8(5-6-16)13(18)19/h1-4,8,16H,5-6H2,(H,15,17)(H,18,19)/t8-/m1/s1. The van der Waals surface area contributed by atoms with Gasteiger partial charge in [-0.3, -0.25) is 4.79 Å². The van der Waals surface area contributed by atoms with Crippen molar-refractivity contribution in [3.8, 4) is 0 Å². The Balaban J connectivity index is 2.27. The molecule has 0 fully saturated rings. The maximum atomic E-state index is 12.1. The summed E-state index contributed by atoms with van der Waals surface area (Å²) >= 11 is 7.35. The molecule has 0 aliphatic rings. The summed E-state index contributed by atoms with van der Waals surface area (Å²) in [5.74, 6) is -1.73. The molecule has 20 heavy (non-hydrogen) atoms. The second kappa shape index (κ2) is 6.21. The van der Waals surface area contributed by atoms with E-state index in [0.717, 1.165) is 10.1 Å². The number of aliphatic hydroxyl groups is 1. The average molecular weight is 314 g/mol. The first kappa shape index (κ1) is 14.8. The lowest BCUT2D eigenvalue weighted by Gasteiger charge is -2.12. The van der Waals surface area contributed by atoms with Crippen LogP contribution in [0.15, 0.2) is 24.3 Å². The van der Waals surface area contributed by atoms with Gasteiger partial charge in [-0.15, -0.1) is 11.3 Å². The SMILES string of the molecule is O=C(N[C@H](CCO)C(=O)O)c1sc2ccccc2c1Cl. The van der Waals surface area contributed by atoms with Gasteiger partial charge in [0.1, 0.15) is 10.9 Å². The molecular formula is C13H12ClNO4S. The molecule has 1 aromatic heterocycles. The number of amides is 1. The highest BCUT2D eigenvalue weighted by Gasteiger charge is 2.23. The Hall–Kier alpha value is -1.63. The molecule has 0 saturated heterocycles. The fraction of sp³-hybridized carbons (Fsp3) is 0.231. The molecule has 1 atom stereocenters. The van der Waals surface area contributed by atoms with E-state index in [1.54, 1.807) is 6.07 Å². The van der Waals surface area contributed by atoms with E-state index in [1.165, 1.54) is 11.3 Å². The van der Waals surface area contributed by atoms with E-state index in [-0.39, 0.29) is 17.9 Å². The number of benzene rings is 1. The number of aliphatic carboxylic acids is 1. The van der Waals surface area contributed by atoms with Crippen LogP contribution in [0.1, 0.15) is 16.1 Å². The minimum Gasteiger partial charge on any atom is -0.480 e. The number of nitrogens with one attached hydrogen (secondary N) is 1. The maximum Gasteiger partial charge on any atom is 0.326 e. The zero-order chi connectivity index (χ0) is 14.7. The van der Waals surface area contributed by atoms with Crippen molar-refractivity contribution in [3.05, 3.63) is 34.2 Å². The molecule has 1 amide bonds. The van der Waals surface area contributed by atoms with Gasteiger partial charge in [0.2, 0.25) is 0 Å². The predicted molar refractivity (Wildman–Crippen MR) is 77.4 cm³/mol. The Labute approximate surface area is 123 Å². The first-order valence-electron chi connectivity index (χ1n) is 5.86. The Bertz CT molecular complexity index is 655. The van der Waals surface area contributed by atoms with Crippen LogP contribution < -0.4 is 5.32 Å². The van der Waals surface area contributed by atoms with Crippen molar-refractivity contribution in [2.75, 3.05) is 6.61 Å². The maximum absolute atomic E-state index is 12.1. The summed E-state index contributed by atoms with van der Waals surface area (Å²) in [4.78, 5) is 23.3. The largest absolute Gasteiger partial charge is 0.480 e. The van der Waals surface area contributed by atoms with Crippen molar-refractivity contribution in [1.29, 1.82) is 0 Å². The highest BCUT2D eigenvalue weighted by molar-refractivity contribution is 7.21. The van der Waals surface area contributed by atoms with Crippen molar-refractivity contribution in [2.45, 2.75) is 12.5 Å². The van der Waals surface area contributed by atoms with Gasteiger partial charge in [-0.05, 0) is 6.07 Å². The van der Waals surface area contributed by atoms with E-state index in [2.05, 4.69) is 5.32 Å². The zero-order valence-corrected chi connectivity index (χ0v) is 11.9. The number of carbonyl (C=O) groups excluding carboxylic acids is 1. The lowest BCUT2D eigenvalue weighted by atomic mass is 10.2. The third-order valence-corrected chi connectivity index (χ3v) is 4.44. The third kappa shape index (κ3) is 2.92. The monoisotopic (exact) mass is 313 g/mol. The Morgan fingerprint density at radius 2 is 2.05 bits per heavy atom. The number of carboxylic acid groups (broad SMARTS) is 1. The van der Waals surface area contributed by atoms with Crippen molar-refractivity contribution in [1.82, 2.24) is 5.32 Å². The van der Waals surface area contributed by atoms with Gasteiger partial charge in [-0.25, -0.2) is 4.79 Å². The van der Waals surface area contributed by atoms with Crippen LogP contribution in [0.5, 0.6) is 0 Å². The van der Waals surface area contributed by atoms with Crippen LogP contribution in [-0.2, 0) is 4.79 Å². The van der Waals surface area contributed by atoms with Crippen molar-refractivity contribution in [3.63, 3.8) is 0 Å². The minimum atomic E-state index is -1.19. The number of rotatable bonds is 5. The van der Waals surface area contributed by atoms with Gasteiger partial charge in [0.25, 0.3) is 5.91 Å². The second-order valence-corrected chi connectivity index (χ2v) is 5.55. The number of halogens is 1. The van der Waals surface area contributed by atoms with Crippen LogP contribution in [0.25, 0.3) is 10.1 Å². The first-order valence-corrected chi connectivity index (χ1v) is 7.05. The molecule has 2 rings (SSSR count). The van der Waals surface area contributed by atoms with E-state index >= 15 is 0 Å². The van der Waals surface area contributed by atoms with Crippen LogP contribution in [0.2, 0.25) is 5.02 Å². The molecule has 0 aliphatic carbocycles. The molecule has 2 aromatic rings. The van der Waals surface area contributed by atoms with Gasteiger partial charge in [-0.2, -0.15) is 0 Å². The predicted octanol–water partition coefficient (Wildman–Crippen LogP) is 2.12. The molecule has 1 aromatic carbocycles. The summed E-state index contributed by atoms with van der Waals surface area (Å²) in [6.45, 7) is -0.322. The van der Waals surface area contributed by atoms with E-state index < -0.39 is 17.9 Å². The lowest BCUT2D eigenvalue weighted by Crippen LogP contribution is -2.41. The average Bonchev–Trinajstić information content (AvgIpc) is 2.76. The number of hydrogen-bond acceptors (Lipinski definition) is 4. The molecular weight excluding hydrogens is 302 g/mol. The number of hydrogen-bond donors (Lipinski definition) is 3. The molecule has 106 valence electrons. The third-order valence-electron chi connectivity index (χ3n) is 2.76. The molecule has 1 heterocycles. The number of fused-ring (bicyclic) bond motifs is 1. The summed E-state index contributed by atoms with van der Waals surface area (Å²) in [5.41, 5.74) is 0. The fourth-order valence-corrected chi connectivity index (χ4v) is 3.19. The van der Waals surface area contributed by atoms with E-state index in [4.69, 9.17) is 21.8 Å². The molecule has 3 N–H and O–H groups in total. The van der Waals surface area contributed by atoms with E-state index in [0.29, 0.717) is 5.02 Å². The summed E-state index contributed by atoms with van der Waals surface area (Å²) in [7, 11) is 0. The van der Waals surface area contributed by atoms with Crippen molar-refractivity contribution >= 4 is 44.9 Å². The Morgan fingerprint density at radius 3 is 2.65 bits per heavy atom. The van der Waals surface area contributed by atoms with Crippen LogP contribution in [0.3, 0.4) is 0 Å². The molecule has 5 nitrogen and oxygen atoms in total. The van der Waals surface area contributed by atoms with Crippen LogP contribution >= 0.6 is 22.9 Å². The lowest BCUT2D eigenvalue weighted by molar-refractivity contribution is -0.139. The Kier molecular flexibility index (Phi) is 4.59. The quantitative estimate of drug-likeness (QED) is 0.789. The number of carboxylic acids is 1. The number of thiophene rings is 1. The first-order chi connectivity index (χ1) is 9.54. The van der Waals surface area contributed by atoms with Crippen molar-refractivity contribution < 1.29 is 19.8 Å². The van der Waals surface area contributed by atoms with Gasteiger partial charge in [0, 0.05) is 23.1 Å². The molecule has 0 spiro atoms. The van der Waals surface area contributed by atoms with Gasteiger partial charge in [-0.1, -0.05) is 29.8 Å². The summed E-state index contributed by atoms with van der Waals surface area (Å²) in [6, 6.07) is 6.16.